The number of phenolic OH excluding ortho intramolecular Hbond substituents is 1. The average Bonchev–Trinajstić information content (AvgIpc) is 3.53. The summed E-state index contributed by atoms with van der Waals surface area (Å²) >= 11 is 0. The number of piperazine rings is 1. The fourth-order valence-corrected chi connectivity index (χ4v) is 9.86. The van der Waals surface area contributed by atoms with Gasteiger partial charge in [-0.15, -0.1) is 0 Å². The maximum atomic E-state index is 13.1. The van der Waals surface area contributed by atoms with Crippen LogP contribution in [0, 0.1) is 5.92 Å². The number of aromatic hydroxyl groups is 1. The number of aryl methyl sites for hydroxylation is 1. The summed E-state index contributed by atoms with van der Waals surface area (Å²) in [6.45, 7) is 7.64. The summed E-state index contributed by atoms with van der Waals surface area (Å²) in [6, 6.07) is 31.7. The van der Waals surface area contributed by atoms with E-state index in [9.17, 15) is 19.5 Å². The third kappa shape index (κ3) is 6.74. The summed E-state index contributed by atoms with van der Waals surface area (Å²) in [7, 11) is 0. The highest BCUT2D eigenvalue weighted by atomic mass is 16.3. The normalized spacial score (nSPS) is 23.7. The zero-order chi connectivity index (χ0) is 36.8. The summed E-state index contributed by atoms with van der Waals surface area (Å²) in [4.78, 5) is 46.5. The van der Waals surface area contributed by atoms with Crippen LogP contribution in [-0.2, 0) is 22.6 Å². The topological polar surface area (TPSA) is 96.4 Å². The Morgan fingerprint density at radius 3 is 2.17 bits per heavy atom. The standard InChI is InChI=1S/C45H49N5O4/c51-37-12-15-39-33(27-37)8-13-38(31-4-2-1-3-5-31)43(39)32-6-9-35(10-7-32)48-20-18-30(19-21-48)28-47-22-24-49(25-23-47)36-11-14-40-34(26-36)29-50(45(40)54)41-16-17-42(52)46-44(41)53/h1-7,9-12,14-15,26-27,30,38,41,43,51H,8,13,16-25,28-29H2,(H,46,52,53)/t38-,41-,43?/m1/s1. The Morgan fingerprint density at radius 2 is 1.41 bits per heavy atom. The SMILES string of the molecule is O=C1CC[C@@H](N2Cc3cc(N4CCN(CC5CCN(c6ccc(C7c8ccc(O)cc8CC[C@@H]7c7ccccc7)cc6)CC5)CC4)ccc3C2=O)C(=O)N1. The van der Waals surface area contributed by atoms with Crippen molar-refractivity contribution in [3.05, 3.63) is 124 Å². The predicted molar refractivity (Wildman–Crippen MR) is 210 cm³/mol. The zero-order valence-corrected chi connectivity index (χ0v) is 30.8. The summed E-state index contributed by atoms with van der Waals surface area (Å²) < 4.78 is 0. The molecule has 0 radical (unpaired) electrons. The van der Waals surface area contributed by atoms with Crippen LogP contribution in [0.1, 0.15) is 82.1 Å². The number of nitrogens with one attached hydrogen (secondary N) is 1. The van der Waals surface area contributed by atoms with E-state index < -0.39 is 6.04 Å². The maximum Gasteiger partial charge on any atom is 0.255 e. The van der Waals surface area contributed by atoms with Crippen molar-refractivity contribution in [1.29, 1.82) is 0 Å². The molecule has 54 heavy (non-hydrogen) atoms. The van der Waals surface area contributed by atoms with Crippen LogP contribution in [0.25, 0.3) is 0 Å². The first-order valence-corrected chi connectivity index (χ1v) is 19.8. The van der Waals surface area contributed by atoms with Crippen molar-refractivity contribution in [2.45, 2.75) is 62.9 Å². The molecule has 5 aliphatic rings. The quantitative estimate of drug-likeness (QED) is 0.224. The van der Waals surface area contributed by atoms with E-state index in [1.54, 1.807) is 4.90 Å². The van der Waals surface area contributed by atoms with Crippen LogP contribution in [0.4, 0.5) is 11.4 Å². The Hall–Kier alpha value is -5.15. The predicted octanol–water partition coefficient (Wildman–Crippen LogP) is 6.05. The van der Waals surface area contributed by atoms with Gasteiger partial charge in [-0.2, -0.15) is 0 Å². The van der Waals surface area contributed by atoms with E-state index in [4.69, 9.17) is 0 Å². The largest absolute Gasteiger partial charge is 0.508 e. The lowest BCUT2D eigenvalue weighted by Crippen LogP contribution is -2.52. The maximum absolute atomic E-state index is 13.1. The highest BCUT2D eigenvalue weighted by Gasteiger charge is 2.39. The molecule has 0 spiro atoms. The third-order valence-electron chi connectivity index (χ3n) is 12.8. The number of carbonyl (C=O) groups excluding carboxylic acids is 3. The molecule has 9 rings (SSSR count). The second-order valence-corrected chi connectivity index (χ2v) is 16.0. The van der Waals surface area contributed by atoms with Gasteiger partial charge in [0.2, 0.25) is 11.8 Å². The first-order chi connectivity index (χ1) is 26.4. The third-order valence-corrected chi connectivity index (χ3v) is 12.8. The van der Waals surface area contributed by atoms with Crippen LogP contribution in [-0.4, -0.2) is 84.5 Å². The van der Waals surface area contributed by atoms with Gasteiger partial charge >= 0.3 is 0 Å². The number of fused-ring (bicyclic) bond motifs is 2. The molecule has 1 aliphatic carbocycles. The van der Waals surface area contributed by atoms with Crippen molar-refractivity contribution < 1.29 is 19.5 Å². The smallest absolute Gasteiger partial charge is 0.255 e. The van der Waals surface area contributed by atoms with Crippen LogP contribution < -0.4 is 15.1 Å². The lowest BCUT2D eigenvalue weighted by molar-refractivity contribution is -0.136. The summed E-state index contributed by atoms with van der Waals surface area (Å²) in [5.74, 6) is 0.955. The van der Waals surface area contributed by atoms with Crippen LogP contribution in [0.15, 0.2) is 91.0 Å². The van der Waals surface area contributed by atoms with E-state index in [2.05, 4.69) is 86.7 Å². The number of anilines is 2. The van der Waals surface area contributed by atoms with E-state index in [0.29, 0.717) is 36.1 Å². The molecular weight excluding hydrogens is 675 g/mol. The van der Waals surface area contributed by atoms with Gasteiger partial charge in [-0.3, -0.25) is 24.6 Å². The molecule has 3 amide bonds. The van der Waals surface area contributed by atoms with E-state index in [-0.39, 0.29) is 30.1 Å². The molecule has 4 aliphatic heterocycles. The van der Waals surface area contributed by atoms with Gasteiger partial charge in [0.05, 0.1) is 0 Å². The fourth-order valence-electron chi connectivity index (χ4n) is 9.86. The molecule has 9 nitrogen and oxygen atoms in total. The molecule has 3 saturated heterocycles. The van der Waals surface area contributed by atoms with Crippen molar-refractivity contribution in [2.75, 3.05) is 55.6 Å². The fraction of sp³-hybridized carbons (Fsp3) is 0.400. The first kappa shape index (κ1) is 34.6. The van der Waals surface area contributed by atoms with Gasteiger partial charge < -0.3 is 19.8 Å². The minimum Gasteiger partial charge on any atom is -0.508 e. The number of phenols is 1. The molecule has 4 aromatic rings. The highest BCUT2D eigenvalue weighted by molar-refractivity contribution is 6.05. The molecule has 2 N–H and O–H groups in total. The van der Waals surface area contributed by atoms with Gasteiger partial charge in [-0.05, 0) is 114 Å². The van der Waals surface area contributed by atoms with Gasteiger partial charge in [0.1, 0.15) is 11.8 Å². The number of rotatable bonds is 7. The van der Waals surface area contributed by atoms with Crippen LogP contribution >= 0.6 is 0 Å². The lowest BCUT2D eigenvalue weighted by atomic mass is 9.69. The van der Waals surface area contributed by atoms with Gasteiger partial charge in [0, 0.05) is 81.6 Å². The Labute approximate surface area is 317 Å². The van der Waals surface area contributed by atoms with Crippen LogP contribution in [0.2, 0.25) is 0 Å². The van der Waals surface area contributed by atoms with Crippen molar-refractivity contribution >= 4 is 29.1 Å². The molecule has 3 fully saturated rings. The second kappa shape index (κ2) is 14.6. The number of amides is 3. The van der Waals surface area contributed by atoms with Crippen LogP contribution in [0.3, 0.4) is 0 Å². The number of carbonyl (C=O) groups is 3. The number of hydrogen-bond acceptors (Lipinski definition) is 7. The first-order valence-electron chi connectivity index (χ1n) is 19.8. The Morgan fingerprint density at radius 1 is 0.667 bits per heavy atom. The number of imide groups is 1. The Bertz CT molecular complexity index is 2030. The van der Waals surface area contributed by atoms with E-state index in [1.165, 1.54) is 40.8 Å². The average molecular weight is 724 g/mol. The molecular formula is C45H49N5O4. The minimum atomic E-state index is -0.585. The lowest BCUT2D eigenvalue weighted by Gasteiger charge is -2.40. The van der Waals surface area contributed by atoms with Crippen molar-refractivity contribution in [3.8, 4) is 5.75 Å². The van der Waals surface area contributed by atoms with E-state index >= 15 is 0 Å². The number of hydrogen-bond donors (Lipinski definition) is 2. The molecule has 4 aromatic carbocycles. The summed E-state index contributed by atoms with van der Waals surface area (Å²) in [6.07, 6.45) is 5.08. The molecule has 9 heteroatoms. The zero-order valence-electron chi connectivity index (χ0n) is 30.8. The molecule has 278 valence electrons. The molecule has 0 bridgehead atoms. The number of benzene rings is 4. The monoisotopic (exact) mass is 723 g/mol. The molecule has 0 aromatic heterocycles. The molecule has 0 saturated carbocycles. The van der Waals surface area contributed by atoms with Gasteiger partial charge in [0.25, 0.3) is 5.91 Å². The van der Waals surface area contributed by atoms with Crippen LogP contribution in [0.5, 0.6) is 5.75 Å². The number of nitrogens with zero attached hydrogens (tertiary/aromatic N) is 4. The minimum absolute atomic E-state index is 0.121. The van der Waals surface area contributed by atoms with Crippen molar-refractivity contribution in [3.63, 3.8) is 0 Å². The van der Waals surface area contributed by atoms with Gasteiger partial charge in [0.15, 0.2) is 0 Å². The van der Waals surface area contributed by atoms with Crippen molar-refractivity contribution in [2.24, 2.45) is 5.92 Å². The second-order valence-electron chi connectivity index (χ2n) is 16.0. The summed E-state index contributed by atoms with van der Waals surface area (Å²) in [5, 5.41) is 12.6. The Balaban J connectivity index is 0.780. The highest BCUT2D eigenvalue weighted by Crippen LogP contribution is 2.47. The van der Waals surface area contributed by atoms with Crippen molar-refractivity contribution in [1.82, 2.24) is 15.1 Å². The molecule has 4 heterocycles. The van der Waals surface area contributed by atoms with Gasteiger partial charge in [-0.1, -0.05) is 48.5 Å². The van der Waals surface area contributed by atoms with Gasteiger partial charge in [-0.25, -0.2) is 0 Å². The summed E-state index contributed by atoms with van der Waals surface area (Å²) in [5.41, 5.74) is 9.39. The number of piperidine rings is 2. The van der Waals surface area contributed by atoms with E-state index in [1.807, 2.05) is 24.3 Å². The molecule has 1 unspecified atom stereocenters. The van der Waals surface area contributed by atoms with E-state index in [0.717, 1.165) is 69.9 Å². The molecule has 3 atom stereocenters. The Kier molecular flexibility index (Phi) is 9.35.